The minimum absolute atomic E-state index is 0.111. The van der Waals surface area contributed by atoms with Gasteiger partial charge in [-0.1, -0.05) is 18.2 Å². The van der Waals surface area contributed by atoms with Gasteiger partial charge in [0.05, 0.1) is 19.9 Å². The molecule has 2 N–H and O–H groups in total. The third kappa shape index (κ3) is 4.90. The Bertz CT molecular complexity index is 1050. The molecule has 0 radical (unpaired) electrons. The molecular weight excluding hydrogens is 370 g/mol. The zero-order chi connectivity index (χ0) is 20.8. The average molecular weight is 391 g/mol. The zero-order valence-corrected chi connectivity index (χ0v) is 16.4. The van der Waals surface area contributed by atoms with Crippen LogP contribution in [0.15, 0.2) is 60.7 Å². The summed E-state index contributed by atoms with van der Waals surface area (Å²) >= 11 is 0. The Morgan fingerprint density at radius 3 is 2.17 bits per heavy atom. The lowest BCUT2D eigenvalue weighted by Crippen LogP contribution is -2.18. The molecule has 0 bridgehead atoms. The minimum atomic E-state index is -0.460. The zero-order valence-electron chi connectivity index (χ0n) is 16.4. The highest BCUT2D eigenvalue weighted by Crippen LogP contribution is 2.29. The summed E-state index contributed by atoms with van der Waals surface area (Å²) in [5, 5.41) is 5.52. The number of aryl methyl sites for hydroxylation is 1. The molecule has 0 unspecified atom stereocenters. The fourth-order valence-corrected chi connectivity index (χ4v) is 2.69. The minimum Gasteiger partial charge on any atom is -0.497 e. The molecule has 0 aliphatic carbocycles. The molecule has 2 aromatic carbocycles. The summed E-state index contributed by atoms with van der Waals surface area (Å²) in [6, 6.07) is 17.2. The largest absolute Gasteiger partial charge is 0.497 e. The first-order chi connectivity index (χ1) is 14.0. The fourth-order valence-electron chi connectivity index (χ4n) is 2.69. The van der Waals surface area contributed by atoms with E-state index in [1.807, 2.05) is 25.1 Å². The van der Waals surface area contributed by atoms with Crippen LogP contribution in [0.25, 0.3) is 0 Å². The number of carbonyl (C=O) groups is 2. The van der Waals surface area contributed by atoms with Crippen molar-refractivity contribution in [3.8, 4) is 11.5 Å². The lowest BCUT2D eigenvalue weighted by Gasteiger charge is -2.12. The molecule has 1 heterocycles. The number of methoxy groups -OCH3 is 2. The van der Waals surface area contributed by atoms with Gasteiger partial charge < -0.3 is 20.1 Å². The van der Waals surface area contributed by atoms with Crippen molar-refractivity contribution >= 4 is 23.2 Å². The van der Waals surface area contributed by atoms with Crippen molar-refractivity contribution in [1.82, 2.24) is 4.98 Å². The highest BCUT2D eigenvalue weighted by molar-refractivity contribution is 6.06. The maximum absolute atomic E-state index is 12.6. The predicted octanol–water partition coefficient (Wildman–Crippen LogP) is 3.91. The van der Waals surface area contributed by atoms with Gasteiger partial charge in [0.15, 0.2) is 0 Å². The summed E-state index contributed by atoms with van der Waals surface area (Å²) in [6.07, 6.45) is 0. The van der Waals surface area contributed by atoms with E-state index < -0.39 is 11.8 Å². The van der Waals surface area contributed by atoms with Gasteiger partial charge in [-0.15, -0.1) is 0 Å². The Kier molecular flexibility index (Phi) is 6.09. The third-order valence-electron chi connectivity index (χ3n) is 4.15. The molecule has 3 aromatic rings. The number of pyridine rings is 1. The topological polar surface area (TPSA) is 89.5 Å². The van der Waals surface area contributed by atoms with Gasteiger partial charge >= 0.3 is 0 Å². The number of aromatic nitrogens is 1. The quantitative estimate of drug-likeness (QED) is 0.665. The molecule has 0 aliphatic heterocycles. The molecule has 0 fully saturated rings. The SMILES string of the molecule is COc1ccc(NC(=O)c2cccc(C(=O)Nc3cccc(C)c3)n2)c(OC)c1. The van der Waals surface area contributed by atoms with E-state index in [9.17, 15) is 9.59 Å². The molecule has 1 aromatic heterocycles. The van der Waals surface area contributed by atoms with Crippen LogP contribution < -0.4 is 20.1 Å². The standard InChI is InChI=1S/C22H21N3O4/c1-14-6-4-7-15(12-14)23-21(26)18-8-5-9-19(24-18)22(27)25-17-11-10-16(28-2)13-20(17)29-3/h4-13H,1-3H3,(H,23,26)(H,25,27). The smallest absolute Gasteiger partial charge is 0.274 e. The first-order valence-corrected chi connectivity index (χ1v) is 8.88. The lowest BCUT2D eigenvalue weighted by atomic mass is 10.2. The number of hydrogen-bond donors (Lipinski definition) is 2. The number of hydrogen-bond acceptors (Lipinski definition) is 5. The van der Waals surface area contributed by atoms with Gasteiger partial charge in [0.25, 0.3) is 11.8 Å². The van der Waals surface area contributed by atoms with Gasteiger partial charge in [-0.3, -0.25) is 9.59 Å². The van der Waals surface area contributed by atoms with Crippen molar-refractivity contribution in [2.75, 3.05) is 24.9 Å². The maximum Gasteiger partial charge on any atom is 0.274 e. The third-order valence-corrected chi connectivity index (χ3v) is 4.15. The van der Waals surface area contributed by atoms with Crippen molar-refractivity contribution in [1.29, 1.82) is 0 Å². The summed E-state index contributed by atoms with van der Waals surface area (Å²) in [7, 11) is 3.04. The van der Waals surface area contributed by atoms with E-state index >= 15 is 0 Å². The maximum atomic E-state index is 12.6. The van der Waals surface area contributed by atoms with Crippen LogP contribution in [0.3, 0.4) is 0 Å². The number of rotatable bonds is 6. The monoisotopic (exact) mass is 391 g/mol. The van der Waals surface area contributed by atoms with Gasteiger partial charge in [-0.25, -0.2) is 4.98 Å². The van der Waals surface area contributed by atoms with E-state index in [0.29, 0.717) is 22.9 Å². The Hall–Kier alpha value is -3.87. The fraction of sp³-hybridized carbons (Fsp3) is 0.136. The number of amides is 2. The van der Waals surface area contributed by atoms with Crippen molar-refractivity contribution in [3.05, 3.63) is 77.6 Å². The van der Waals surface area contributed by atoms with Crippen LogP contribution in [0.5, 0.6) is 11.5 Å². The van der Waals surface area contributed by atoms with Crippen molar-refractivity contribution in [3.63, 3.8) is 0 Å². The molecule has 7 nitrogen and oxygen atoms in total. The van der Waals surface area contributed by atoms with Crippen LogP contribution in [-0.4, -0.2) is 31.0 Å². The van der Waals surface area contributed by atoms with Gasteiger partial charge in [0.2, 0.25) is 0 Å². The molecular formula is C22H21N3O4. The van der Waals surface area contributed by atoms with Gasteiger partial charge in [0.1, 0.15) is 22.9 Å². The van der Waals surface area contributed by atoms with Crippen molar-refractivity contribution in [2.45, 2.75) is 6.92 Å². The van der Waals surface area contributed by atoms with E-state index in [4.69, 9.17) is 9.47 Å². The van der Waals surface area contributed by atoms with Crippen LogP contribution in [-0.2, 0) is 0 Å². The molecule has 0 atom stereocenters. The molecule has 7 heteroatoms. The molecule has 148 valence electrons. The van der Waals surface area contributed by atoms with E-state index in [2.05, 4.69) is 15.6 Å². The van der Waals surface area contributed by atoms with E-state index in [1.54, 1.807) is 43.5 Å². The molecule has 0 saturated heterocycles. The molecule has 0 aliphatic rings. The molecule has 0 saturated carbocycles. The van der Waals surface area contributed by atoms with Crippen LogP contribution in [0.1, 0.15) is 26.5 Å². The number of nitrogens with zero attached hydrogens (tertiary/aromatic N) is 1. The van der Waals surface area contributed by atoms with Gasteiger partial charge in [-0.2, -0.15) is 0 Å². The Balaban J connectivity index is 1.76. The Labute approximate surface area is 168 Å². The highest BCUT2D eigenvalue weighted by Gasteiger charge is 2.15. The van der Waals surface area contributed by atoms with Crippen LogP contribution in [0, 0.1) is 6.92 Å². The first kappa shape index (κ1) is 19.9. The van der Waals surface area contributed by atoms with E-state index in [1.165, 1.54) is 13.2 Å². The molecule has 2 amide bonds. The molecule has 0 spiro atoms. The highest BCUT2D eigenvalue weighted by atomic mass is 16.5. The Morgan fingerprint density at radius 1 is 0.828 bits per heavy atom. The number of anilines is 2. The number of benzene rings is 2. The first-order valence-electron chi connectivity index (χ1n) is 8.88. The summed E-state index contributed by atoms with van der Waals surface area (Å²) in [5.41, 5.74) is 2.40. The predicted molar refractivity (Wildman–Crippen MR) is 111 cm³/mol. The summed E-state index contributed by atoms with van der Waals surface area (Å²) < 4.78 is 10.4. The Morgan fingerprint density at radius 2 is 1.52 bits per heavy atom. The van der Waals surface area contributed by atoms with Crippen LogP contribution in [0.4, 0.5) is 11.4 Å². The normalized spacial score (nSPS) is 10.2. The van der Waals surface area contributed by atoms with Crippen molar-refractivity contribution < 1.29 is 19.1 Å². The second-order valence-electron chi connectivity index (χ2n) is 6.25. The molecule has 3 rings (SSSR count). The number of nitrogens with one attached hydrogen (secondary N) is 2. The van der Waals surface area contributed by atoms with E-state index in [-0.39, 0.29) is 11.4 Å². The van der Waals surface area contributed by atoms with E-state index in [0.717, 1.165) is 5.56 Å². The summed E-state index contributed by atoms with van der Waals surface area (Å²) in [6.45, 7) is 1.94. The van der Waals surface area contributed by atoms with Crippen LogP contribution in [0.2, 0.25) is 0 Å². The van der Waals surface area contributed by atoms with Crippen LogP contribution >= 0.6 is 0 Å². The second kappa shape index (κ2) is 8.88. The van der Waals surface area contributed by atoms with Gasteiger partial charge in [0, 0.05) is 11.8 Å². The average Bonchev–Trinajstić information content (AvgIpc) is 2.74. The number of ether oxygens (including phenoxy) is 2. The lowest BCUT2D eigenvalue weighted by molar-refractivity contribution is 0.101. The summed E-state index contributed by atoms with van der Waals surface area (Å²) in [4.78, 5) is 29.3. The van der Waals surface area contributed by atoms with Crippen molar-refractivity contribution in [2.24, 2.45) is 0 Å². The molecule has 29 heavy (non-hydrogen) atoms. The summed E-state index contributed by atoms with van der Waals surface area (Å²) in [5.74, 6) is 0.199. The second-order valence-corrected chi connectivity index (χ2v) is 6.25. The number of carbonyl (C=O) groups excluding carboxylic acids is 2. The van der Waals surface area contributed by atoms with Gasteiger partial charge in [-0.05, 0) is 48.9 Å².